The number of hydrogen-bond acceptors (Lipinski definition) is 6. The maximum Gasteiger partial charge on any atom is 0.338 e. The van der Waals surface area contributed by atoms with Crippen molar-refractivity contribution in [2.24, 2.45) is 0 Å². The van der Waals surface area contributed by atoms with Crippen LogP contribution >= 0.6 is 0 Å². The summed E-state index contributed by atoms with van der Waals surface area (Å²) in [6.07, 6.45) is 0.341. The fraction of sp³-hybridized carbons (Fsp3) is 0.300. The second-order valence-electron chi connectivity index (χ2n) is 6.97. The molecule has 1 atom stereocenters. The van der Waals surface area contributed by atoms with Crippen molar-refractivity contribution in [3.8, 4) is 11.5 Å². The van der Waals surface area contributed by atoms with Gasteiger partial charge in [0.15, 0.2) is 16.4 Å². The van der Waals surface area contributed by atoms with Crippen LogP contribution in [0.25, 0.3) is 0 Å². The first-order valence-electron chi connectivity index (χ1n) is 8.76. The monoisotopic (exact) mass is 403 g/mol. The first kappa shape index (κ1) is 19.9. The molecule has 1 N–H and O–H groups in total. The molecule has 2 aromatic carbocycles. The minimum absolute atomic E-state index is 0.0395. The Labute approximate surface area is 163 Å². The van der Waals surface area contributed by atoms with Gasteiger partial charge in [0.05, 0.1) is 22.6 Å². The maximum atomic E-state index is 12.2. The zero-order chi connectivity index (χ0) is 20.2. The highest BCUT2D eigenvalue weighted by Gasteiger charge is 2.39. The summed E-state index contributed by atoms with van der Waals surface area (Å²) >= 11 is 0. The largest absolute Gasteiger partial charge is 0.457 e. The van der Waals surface area contributed by atoms with Crippen molar-refractivity contribution in [1.29, 1.82) is 0 Å². The van der Waals surface area contributed by atoms with E-state index < -0.39 is 33.9 Å². The fourth-order valence-corrected chi connectivity index (χ4v) is 5.10. The van der Waals surface area contributed by atoms with Gasteiger partial charge < -0.3 is 14.8 Å². The standard InChI is InChI=1S/C20H21NO6S/c1-20(10-11-28(24,25)14-20)21-18(22)13-26-19(23)15-6-5-9-17(12-15)27-16-7-3-2-4-8-16/h2-9,12H,10-11,13-14H2,1H3,(H,21,22)/t20-/m0/s1. The van der Waals surface area contributed by atoms with Gasteiger partial charge in [0.1, 0.15) is 11.5 Å². The van der Waals surface area contributed by atoms with Crippen LogP contribution in [0, 0.1) is 0 Å². The average molecular weight is 403 g/mol. The van der Waals surface area contributed by atoms with Crippen LogP contribution in [0.2, 0.25) is 0 Å². The van der Waals surface area contributed by atoms with Crippen LogP contribution in [-0.4, -0.2) is 43.9 Å². The molecule has 1 aliphatic rings. The third kappa shape index (κ3) is 5.32. The Morgan fingerprint density at radius 1 is 1.07 bits per heavy atom. The number of nitrogens with one attached hydrogen (secondary N) is 1. The minimum atomic E-state index is -3.14. The van der Waals surface area contributed by atoms with Gasteiger partial charge in [0, 0.05) is 0 Å². The van der Waals surface area contributed by atoms with Crippen LogP contribution in [0.1, 0.15) is 23.7 Å². The van der Waals surface area contributed by atoms with Crippen LogP contribution < -0.4 is 10.1 Å². The zero-order valence-corrected chi connectivity index (χ0v) is 16.2. The molecule has 8 heteroatoms. The Morgan fingerprint density at radius 2 is 1.79 bits per heavy atom. The average Bonchev–Trinajstić information content (AvgIpc) is 2.93. The molecule has 0 unspecified atom stereocenters. The van der Waals surface area contributed by atoms with Crippen molar-refractivity contribution < 1.29 is 27.5 Å². The van der Waals surface area contributed by atoms with E-state index in [-0.39, 0.29) is 17.1 Å². The van der Waals surface area contributed by atoms with E-state index in [2.05, 4.69) is 5.32 Å². The second-order valence-corrected chi connectivity index (χ2v) is 9.15. The van der Waals surface area contributed by atoms with Gasteiger partial charge in [-0.15, -0.1) is 0 Å². The zero-order valence-electron chi connectivity index (χ0n) is 15.4. The predicted octanol–water partition coefficient (Wildman–Crippen LogP) is 2.33. The van der Waals surface area contributed by atoms with Crippen molar-refractivity contribution in [1.82, 2.24) is 5.32 Å². The first-order chi connectivity index (χ1) is 13.2. The van der Waals surface area contributed by atoms with Gasteiger partial charge in [-0.2, -0.15) is 0 Å². The lowest BCUT2D eigenvalue weighted by atomic mass is 10.0. The number of sulfone groups is 1. The van der Waals surface area contributed by atoms with Crippen LogP contribution in [0.4, 0.5) is 0 Å². The van der Waals surface area contributed by atoms with E-state index in [1.165, 1.54) is 6.07 Å². The summed E-state index contributed by atoms with van der Waals surface area (Å²) in [6, 6.07) is 15.6. The van der Waals surface area contributed by atoms with Gasteiger partial charge in [-0.05, 0) is 43.7 Å². The molecule has 7 nitrogen and oxygen atoms in total. The summed E-state index contributed by atoms with van der Waals surface area (Å²) in [5.74, 6) is -0.181. The van der Waals surface area contributed by atoms with Crippen LogP contribution in [-0.2, 0) is 19.4 Å². The molecule has 28 heavy (non-hydrogen) atoms. The number of hydrogen-bond donors (Lipinski definition) is 1. The van der Waals surface area contributed by atoms with Crippen molar-refractivity contribution in [2.75, 3.05) is 18.1 Å². The Bertz CT molecular complexity index is 973. The highest BCUT2D eigenvalue weighted by atomic mass is 32.2. The molecule has 1 heterocycles. The molecule has 0 bridgehead atoms. The Morgan fingerprint density at radius 3 is 2.46 bits per heavy atom. The molecule has 1 fully saturated rings. The molecule has 0 saturated carbocycles. The summed E-state index contributed by atoms with van der Waals surface area (Å²) in [5.41, 5.74) is -0.581. The normalized spacial score (nSPS) is 20.3. The highest BCUT2D eigenvalue weighted by Crippen LogP contribution is 2.23. The minimum Gasteiger partial charge on any atom is -0.457 e. The highest BCUT2D eigenvalue weighted by molar-refractivity contribution is 7.91. The third-order valence-electron chi connectivity index (χ3n) is 4.33. The number of esters is 1. The Balaban J connectivity index is 1.55. The predicted molar refractivity (Wildman–Crippen MR) is 103 cm³/mol. The molecule has 2 aromatic rings. The van der Waals surface area contributed by atoms with Gasteiger partial charge >= 0.3 is 5.97 Å². The van der Waals surface area contributed by atoms with E-state index in [4.69, 9.17) is 9.47 Å². The lowest BCUT2D eigenvalue weighted by Crippen LogP contribution is -2.48. The van der Waals surface area contributed by atoms with Gasteiger partial charge in [0.25, 0.3) is 5.91 Å². The summed E-state index contributed by atoms with van der Waals surface area (Å²) in [7, 11) is -3.14. The number of benzene rings is 2. The molecular formula is C20H21NO6S. The molecule has 1 amide bonds. The van der Waals surface area contributed by atoms with E-state index in [0.29, 0.717) is 17.9 Å². The van der Waals surface area contributed by atoms with Gasteiger partial charge in [-0.1, -0.05) is 24.3 Å². The van der Waals surface area contributed by atoms with Crippen LogP contribution in [0.15, 0.2) is 54.6 Å². The van der Waals surface area contributed by atoms with Crippen molar-refractivity contribution in [3.63, 3.8) is 0 Å². The smallest absolute Gasteiger partial charge is 0.338 e. The van der Waals surface area contributed by atoms with E-state index in [1.54, 1.807) is 37.3 Å². The SMILES string of the molecule is C[C@]1(NC(=O)COC(=O)c2cccc(Oc3ccccc3)c2)CCS(=O)(=O)C1. The van der Waals surface area contributed by atoms with E-state index in [1.807, 2.05) is 18.2 Å². The van der Waals surface area contributed by atoms with Crippen molar-refractivity contribution in [2.45, 2.75) is 18.9 Å². The fourth-order valence-electron chi connectivity index (χ4n) is 3.01. The number of para-hydroxylation sites is 1. The molecule has 148 valence electrons. The molecule has 0 spiro atoms. The topological polar surface area (TPSA) is 98.8 Å². The van der Waals surface area contributed by atoms with Gasteiger partial charge in [-0.3, -0.25) is 4.79 Å². The Kier molecular flexibility index (Phi) is 5.69. The number of carbonyl (C=O) groups excluding carboxylic acids is 2. The van der Waals surface area contributed by atoms with Crippen molar-refractivity contribution >= 4 is 21.7 Å². The number of ether oxygens (including phenoxy) is 2. The third-order valence-corrected chi connectivity index (χ3v) is 6.23. The molecule has 1 aliphatic heterocycles. The summed E-state index contributed by atoms with van der Waals surface area (Å²) < 4.78 is 33.9. The molecule has 0 aromatic heterocycles. The van der Waals surface area contributed by atoms with Gasteiger partial charge in [-0.25, -0.2) is 13.2 Å². The van der Waals surface area contributed by atoms with Crippen LogP contribution in [0.5, 0.6) is 11.5 Å². The van der Waals surface area contributed by atoms with E-state index >= 15 is 0 Å². The van der Waals surface area contributed by atoms with E-state index in [0.717, 1.165) is 0 Å². The number of amides is 1. The van der Waals surface area contributed by atoms with Crippen LogP contribution in [0.3, 0.4) is 0 Å². The Hall–Kier alpha value is -2.87. The molecule has 3 rings (SSSR count). The first-order valence-corrected chi connectivity index (χ1v) is 10.6. The summed E-state index contributed by atoms with van der Waals surface area (Å²) in [6.45, 7) is 1.18. The quantitative estimate of drug-likeness (QED) is 0.744. The number of rotatable bonds is 6. The van der Waals surface area contributed by atoms with Gasteiger partial charge in [0.2, 0.25) is 0 Å². The van der Waals surface area contributed by atoms with E-state index in [9.17, 15) is 18.0 Å². The number of carbonyl (C=O) groups is 2. The second kappa shape index (κ2) is 8.02. The summed E-state index contributed by atoms with van der Waals surface area (Å²) in [4.78, 5) is 24.3. The maximum absolute atomic E-state index is 12.2. The molecule has 1 saturated heterocycles. The molecule has 0 radical (unpaired) electrons. The molecule has 0 aliphatic carbocycles. The molecular weight excluding hydrogens is 382 g/mol. The lowest BCUT2D eigenvalue weighted by molar-refractivity contribution is -0.125. The lowest BCUT2D eigenvalue weighted by Gasteiger charge is -2.23. The summed E-state index contributed by atoms with van der Waals surface area (Å²) in [5, 5.41) is 2.64. The van der Waals surface area contributed by atoms with Crippen molar-refractivity contribution in [3.05, 3.63) is 60.2 Å².